The molecule has 0 bridgehead atoms. The van der Waals surface area contributed by atoms with Crippen LogP contribution >= 0.6 is 0 Å². The van der Waals surface area contributed by atoms with Gasteiger partial charge in [-0.05, 0) is 32.6 Å². The molecule has 3 N–H and O–H groups in total. The molecule has 5 heteroatoms. The lowest BCUT2D eigenvalue weighted by Crippen LogP contribution is -2.36. The molecule has 0 spiro atoms. The standard InChI is InChI=1S/C14H26N2O3/c1-9(2)19-14(18)10(3)8-16-13(17)7-11-5-4-6-12(11)15/h9-12H,4-8,15H2,1-3H3,(H,16,17)/t10?,11-,12+/m0/s1. The number of rotatable bonds is 6. The van der Waals surface area contributed by atoms with Crippen LogP contribution in [0.15, 0.2) is 0 Å². The molecular formula is C14H26N2O3. The molecule has 1 unspecified atom stereocenters. The fourth-order valence-corrected chi connectivity index (χ4v) is 2.33. The van der Waals surface area contributed by atoms with Crippen molar-refractivity contribution in [2.75, 3.05) is 6.54 Å². The first-order valence-corrected chi connectivity index (χ1v) is 7.13. The van der Waals surface area contributed by atoms with Crippen molar-refractivity contribution in [2.45, 2.75) is 58.6 Å². The Labute approximate surface area is 115 Å². The van der Waals surface area contributed by atoms with Crippen molar-refractivity contribution in [3.63, 3.8) is 0 Å². The van der Waals surface area contributed by atoms with Gasteiger partial charge < -0.3 is 15.8 Å². The van der Waals surface area contributed by atoms with Crippen LogP contribution in [0.2, 0.25) is 0 Å². The Kier molecular flexibility index (Phi) is 6.28. The van der Waals surface area contributed by atoms with Crippen molar-refractivity contribution in [1.82, 2.24) is 5.32 Å². The fraction of sp³-hybridized carbons (Fsp3) is 0.857. The summed E-state index contributed by atoms with van der Waals surface area (Å²) in [7, 11) is 0. The number of carbonyl (C=O) groups excluding carboxylic acids is 2. The Morgan fingerprint density at radius 3 is 2.53 bits per heavy atom. The van der Waals surface area contributed by atoms with Gasteiger partial charge in [-0.1, -0.05) is 13.3 Å². The van der Waals surface area contributed by atoms with E-state index in [4.69, 9.17) is 10.5 Å². The smallest absolute Gasteiger partial charge is 0.310 e. The zero-order valence-electron chi connectivity index (χ0n) is 12.1. The highest BCUT2D eigenvalue weighted by atomic mass is 16.5. The average molecular weight is 270 g/mol. The lowest BCUT2D eigenvalue weighted by molar-refractivity contribution is -0.151. The predicted octanol–water partition coefficient (Wildman–Crippen LogP) is 1.21. The molecular weight excluding hydrogens is 244 g/mol. The van der Waals surface area contributed by atoms with Gasteiger partial charge in [0.15, 0.2) is 0 Å². The van der Waals surface area contributed by atoms with Gasteiger partial charge in [0.05, 0.1) is 12.0 Å². The number of nitrogens with one attached hydrogen (secondary N) is 1. The average Bonchev–Trinajstić information content (AvgIpc) is 2.71. The Balaban J connectivity index is 2.24. The highest BCUT2D eigenvalue weighted by molar-refractivity contribution is 5.78. The topological polar surface area (TPSA) is 81.4 Å². The van der Waals surface area contributed by atoms with E-state index in [1.807, 2.05) is 13.8 Å². The van der Waals surface area contributed by atoms with Crippen molar-refractivity contribution >= 4 is 11.9 Å². The summed E-state index contributed by atoms with van der Waals surface area (Å²) in [6.45, 7) is 5.70. The van der Waals surface area contributed by atoms with Gasteiger partial charge >= 0.3 is 5.97 Å². The summed E-state index contributed by atoms with van der Waals surface area (Å²) in [5, 5.41) is 2.79. The quantitative estimate of drug-likeness (QED) is 0.711. The zero-order chi connectivity index (χ0) is 14.4. The maximum Gasteiger partial charge on any atom is 0.310 e. The number of nitrogens with two attached hydrogens (primary N) is 1. The van der Waals surface area contributed by atoms with Gasteiger partial charge in [-0.2, -0.15) is 0 Å². The Morgan fingerprint density at radius 2 is 2.00 bits per heavy atom. The second-order valence-electron chi connectivity index (χ2n) is 5.75. The molecule has 0 aromatic rings. The number of amides is 1. The third-order valence-electron chi connectivity index (χ3n) is 3.53. The molecule has 0 aliphatic heterocycles. The highest BCUT2D eigenvalue weighted by Gasteiger charge is 2.26. The lowest BCUT2D eigenvalue weighted by atomic mass is 10.00. The number of esters is 1. The monoisotopic (exact) mass is 270 g/mol. The molecule has 110 valence electrons. The van der Waals surface area contributed by atoms with Crippen LogP contribution in [0.25, 0.3) is 0 Å². The fourth-order valence-electron chi connectivity index (χ4n) is 2.33. The van der Waals surface area contributed by atoms with Crippen LogP contribution in [0.1, 0.15) is 46.5 Å². The molecule has 1 fully saturated rings. The normalized spacial score (nSPS) is 24.3. The molecule has 19 heavy (non-hydrogen) atoms. The van der Waals surface area contributed by atoms with E-state index in [1.54, 1.807) is 6.92 Å². The van der Waals surface area contributed by atoms with E-state index in [0.717, 1.165) is 19.3 Å². The summed E-state index contributed by atoms with van der Waals surface area (Å²) in [5.41, 5.74) is 5.93. The van der Waals surface area contributed by atoms with Gasteiger partial charge in [0.25, 0.3) is 0 Å². The third kappa shape index (κ3) is 5.59. The zero-order valence-corrected chi connectivity index (χ0v) is 12.1. The summed E-state index contributed by atoms with van der Waals surface area (Å²) >= 11 is 0. The van der Waals surface area contributed by atoms with E-state index in [-0.39, 0.29) is 35.9 Å². The summed E-state index contributed by atoms with van der Waals surface area (Å²) in [6, 6.07) is 0.147. The van der Waals surface area contributed by atoms with E-state index in [2.05, 4.69) is 5.32 Å². The molecule has 3 atom stereocenters. The third-order valence-corrected chi connectivity index (χ3v) is 3.53. The molecule has 0 radical (unpaired) electrons. The maximum absolute atomic E-state index is 11.8. The first-order valence-electron chi connectivity index (χ1n) is 7.13. The largest absolute Gasteiger partial charge is 0.463 e. The molecule has 1 saturated carbocycles. The predicted molar refractivity (Wildman–Crippen MR) is 73.3 cm³/mol. The summed E-state index contributed by atoms with van der Waals surface area (Å²) in [6.07, 6.45) is 3.49. The van der Waals surface area contributed by atoms with E-state index in [1.165, 1.54) is 0 Å². The minimum absolute atomic E-state index is 0.0217. The second-order valence-corrected chi connectivity index (χ2v) is 5.75. The van der Waals surface area contributed by atoms with Gasteiger partial charge in [-0.15, -0.1) is 0 Å². The van der Waals surface area contributed by atoms with Crippen LogP contribution in [-0.2, 0) is 14.3 Å². The van der Waals surface area contributed by atoms with E-state index >= 15 is 0 Å². The van der Waals surface area contributed by atoms with Crippen LogP contribution in [0, 0.1) is 11.8 Å². The minimum atomic E-state index is -0.316. The Morgan fingerprint density at radius 1 is 1.32 bits per heavy atom. The molecule has 5 nitrogen and oxygen atoms in total. The molecule has 0 saturated heterocycles. The molecule has 0 aromatic heterocycles. The van der Waals surface area contributed by atoms with Crippen molar-refractivity contribution in [3.8, 4) is 0 Å². The maximum atomic E-state index is 11.8. The number of ether oxygens (including phenoxy) is 1. The summed E-state index contributed by atoms with van der Waals surface area (Å²) in [4.78, 5) is 23.3. The Hall–Kier alpha value is -1.10. The van der Waals surface area contributed by atoms with Crippen molar-refractivity contribution in [3.05, 3.63) is 0 Å². The van der Waals surface area contributed by atoms with Crippen LogP contribution in [0.3, 0.4) is 0 Å². The van der Waals surface area contributed by atoms with E-state index in [9.17, 15) is 9.59 Å². The van der Waals surface area contributed by atoms with Gasteiger partial charge in [0, 0.05) is 19.0 Å². The number of hydrogen-bond acceptors (Lipinski definition) is 4. The number of carbonyl (C=O) groups is 2. The first-order chi connectivity index (χ1) is 8.90. The van der Waals surface area contributed by atoms with Crippen molar-refractivity contribution in [1.29, 1.82) is 0 Å². The second kappa shape index (κ2) is 7.48. The Bertz CT molecular complexity index is 318. The van der Waals surface area contributed by atoms with Crippen molar-refractivity contribution < 1.29 is 14.3 Å². The van der Waals surface area contributed by atoms with E-state index < -0.39 is 0 Å². The summed E-state index contributed by atoms with van der Waals surface area (Å²) < 4.78 is 5.08. The van der Waals surface area contributed by atoms with Gasteiger partial charge in [0.1, 0.15) is 0 Å². The minimum Gasteiger partial charge on any atom is -0.463 e. The number of hydrogen-bond donors (Lipinski definition) is 2. The highest BCUT2D eigenvalue weighted by Crippen LogP contribution is 2.26. The van der Waals surface area contributed by atoms with Gasteiger partial charge in [-0.3, -0.25) is 9.59 Å². The molecule has 0 heterocycles. The van der Waals surface area contributed by atoms with Crippen LogP contribution in [-0.4, -0.2) is 30.6 Å². The van der Waals surface area contributed by atoms with Crippen molar-refractivity contribution in [2.24, 2.45) is 17.6 Å². The van der Waals surface area contributed by atoms with Gasteiger partial charge in [0.2, 0.25) is 5.91 Å². The molecule has 1 rings (SSSR count). The molecule has 1 amide bonds. The van der Waals surface area contributed by atoms with E-state index in [0.29, 0.717) is 13.0 Å². The lowest BCUT2D eigenvalue weighted by Gasteiger charge is -2.17. The molecule has 0 aromatic carbocycles. The van der Waals surface area contributed by atoms with Crippen LogP contribution < -0.4 is 11.1 Å². The first kappa shape index (κ1) is 16.0. The van der Waals surface area contributed by atoms with Gasteiger partial charge in [-0.25, -0.2) is 0 Å². The van der Waals surface area contributed by atoms with Crippen LogP contribution in [0.4, 0.5) is 0 Å². The molecule has 1 aliphatic carbocycles. The SMILES string of the molecule is CC(C)OC(=O)C(C)CNC(=O)C[C@@H]1CCC[C@H]1N. The molecule has 1 aliphatic rings. The summed E-state index contributed by atoms with van der Waals surface area (Å²) in [5.74, 6) is -0.319. The van der Waals surface area contributed by atoms with Crippen LogP contribution in [0.5, 0.6) is 0 Å².